The van der Waals surface area contributed by atoms with E-state index in [0.29, 0.717) is 34.6 Å². The molecule has 0 saturated carbocycles. The number of rotatable bonds is 8. The first kappa shape index (κ1) is 24.6. The minimum Gasteiger partial charge on any atom is -0.494 e. The number of hydrogen-bond donors (Lipinski definition) is 0. The van der Waals surface area contributed by atoms with Gasteiger partial charge in [-0.05, 0) is 48.7 Å². The lowest BCUT2D eigenvalue weighted by Crippen LogP contribution is -2.46. The third kappa shape index (κ3) is 4.45. The van der Waals surface area contributed by atoms with E-state index in [-0.39, 0.29) is 24.3 Å². The van der Waals surface area contributed by atoms with E-state index in [0.717, 1.165) is 10.3 Å². The van der Waals surface area contributed by atoms with Crippen LogP contribution < -0.4 is 9.64 Å². The van der Waals surface area contributed by atoms with Gasteiger partial charge in [0.1, 0.15) is 5.75 Å². The molecular weight excluding hydrogens is 486 g/mol. The van der Waals surface area contributed by atoms with Crippen molar-refractivity contribution in [2.24, 2.45) is 0 Å². The lowest BCUT2D eigenvalue weighted by molar-refractivity contribution is -0.384. The van der Waals surface area contributed by atoms with Gasteiger partial charge in [-0.15, -0.1) is 0 Å². The van der Waals surface area contributed by atoms with Crippen molar-refractivity contribution in [2.75, 3.05) is 24.6 Å². The second kappa shape index (κ2) is 10.1. The summed E-state index contributed by atoms with van der Waals surface area (Å²) >= 11 is 0. The molecule has 3 amide bonds. The van der Waals surface area contributed by atoms with Gasteiger partial charge in [-0.25, -0.2) is 0 Å². The van der Waals surface area contributed by atoms with E-state index in [4.69, 9.17) is 4.74 Å². The molecule has 190 valence electrons. The highest BCUT2D eigenvalue weighted by molar-refractivity contribution is 6.25. The summed E-state index contributed by atoms with van der Waals surface area (Å²) in [6, 6.07) is 22.9. The molecule has 0 atom stereocenters. The standard InChI is InChI=1S/C29H23N3O6/c1-2-38-23-9-5-8-22(18-23)30(27(33)20-12-14-21(15-13-20)32(36)37)16-17-31-28(34)24-10-3-6-19-7-4-11-25(26(19)24)29(31)35/h3-15,18H,2,16-17H2,1H3. The molecule has 0 aliphatic carbocycles. The minimum atomic E-state index is -0.538. The fourth-order valence-corrected chi connectivity index (χ4v) is 4.62. The summed E-state index contributed by atoms with van der Waals surface area (Å²) in [5.41, 5.74) is 1.46. The van der Waals surface area contributed by atoms with Gasteiger partial charge in [0.05, 0.1) is 11.5 Å². The van der Waals surface area contributed by atoms with Gasteiger partial charge in [-0.1, -0.05) is 30.3 Å². The largest absolute Gasteiger partial charge is 0.494 e. The van der Waals surface area contributed by atoms with Crippen LogP contribution in [0.25, 0.3) is 10.8 Å². The van der Waals surface area contributed by atoms with E-state index < -0.39 is 22.6 Å². The van der Waals surface area contributed by atoms with Crippen LogP contribution in [0.15, 0.2) is 84.9 Å². The SMILES string of the molecule is CCOc1cccc(N(CCN2C(=O)c3cccc4cccc(c34)C2=O)C(=O)c2ccc([N+](=O)[O-])cc2)c1. The van der Waals surface area contributed by atoms with Gasteiger partial charge in [0, 0.05) is 59.1 Å². The van der Waals surface area contributed by atoms with Crippen LogP contribution in [0.3, 0.4) is 0 Å². The van der Waals surface area contributed by atoms with E-state index >= 15 is 0 Å². The van der Waals surface area contributed by atoms with Gasteiger partial charge in [0.15, 0.2) is 0 Å². The quantitative estimate of drug-likeness (QED) is 0.186. The third-order valence-electron chi connectivity index (χ3n) is 6.41. The number of imide groups is 1. The highest BCUT2D eigenvalue weighted by Crippen LogP contribution is 2.30. The van der Waals surface area contributed by atoms with Crippen LogP contribution in [0.1, 0.15) is 38.0 Å². The smallest absolute Gasteiger partial charge is 0.269 e. The molecule has 9 heteroatoms. The normalized spacial score (nSPS) is 12.5. The maximum absolute atomic E-state index is 13.6. The average Bonchev–Trinajstić information content (AvgIpc) is 2.93. The summed E-state index contributed by atoms with van der Waals surface area (Å²) in [7, 11) is 0. The van der Waals surface area contributed by atoms with Crippen molar-refractivity contribution < 1.29 is 24.0 Å². The average molecular weight is 510 g/mol. The van der Waals surface area contributed by atoms with E-state index in [1.165, 1.54) is 29.2 Å². The Labute approximate surface area is 218 Å². The van der Waals surface area contributed by atoms with Crippen LogP contribution in [-0.2, 0) is 0 Å². The minimum absolute atomic E-state index is 0.00101. The van der Waals surface area contributed by atoms with E-state index in [1.807, 2.05) is 19.1 Å². The fraction of sp³-hybridized carbons (Fsp3) is 0.138. The summed E-state index contributed by atoms with van der Waals surface area (Å²) in [5, 5.41) is 12.5. The summed E-state index contributed by atoms with van der Waals surface area (Å²) in [6.07, 6.45) is 0. The highest BCUT2D eigenvalue weighted by atomic mass is 16.6. The lowest BCUT2D eigenvalue weighted by Gasteiger charge is -2.30. The molecule has 0 saturated heterocycles. The monoisotopic (exact) mass is 509 g/mol. The molecule has 0 bridgehead atoms. The van der Waals surface area contributed by atoms with Gasteiger partial charge in [-0.3, -0.25) is 29.4 Å². The zero-order valence-corrected chi connectivity index (χ0v) is 20.5. The van der Waals surface area contributed by atoms with Crippen molar-refractivity contribution in [2.45, 2.75) is 6.92 Å². The molecule has 9 nitrogen and oxygen atoms in total. The van der Waals surface area contributed by atoms with Gasteiger partial charge >= 0.3 is 0 Å². The van der Waals surface area contributed by atoms with Crippen LogP contribution in [-0.4, -0.2) is 47.2 Å². The number of carbonyl (C=O) groups excluding carboxylic acids is 3. The molecule has 38 heavy (non-hydrogen) atoms. The summed E-state index contributed by atoms with van der Waals surface area (Å²) in [6.45, 7) is 2.22. The van der Waals surface area contributed by atoms with Crippen LogP contribution in [0, 0.1) is 10.1 Å². The number of amides is 3. The van der Waals surface area contributed by atoms with Crippen LogP contribution in [0.2, 0.25) is 0 Å². The topological polar surface area (TPSA) is 110 Å². The number of hydrogen-bond acceptors (Lipinski definition) is 6. The molecule has 0 unspecified atom stereocenters. The molecular formula is C29H23N3O6. The summed E-state index contributed by atoms with van der Waals surface area (Å²) < 4.78 is 5.59. The molecule has 0 spiro atoms. The lowest BCUT2D eigenvalue weighted by atomic mass is 9.94. The maximum Gasteiger partial charge on any atom is 0.269 e. The zero-order valence-electron chi connectivity index (χ0n) is 20.5. The third-order valence-corrected chi connectivity index (χ3v) is 6.41. The highest BCUT2D eigenvalue weighted by Gasteiger charge is 2.33. The van der Waals surface area contributed by atoms with E-state index in [9.17, 15) is 24.5 Å². The number of non-ortho nitro benzene ring substituents is 1. The maximum atomic E-state index is 13.6. The molecule has 1 aliphatic rings. The first-order valence-corrected chi connectivity index (χ1v) is 12.1. The molecule has 1 aliphatic heterocycles. The van der Waals surface area contributed by atoms with Crippen molar-refractivity contribution >= 4 is 39.9 Å². The number of nitro groups is 1. The van der Waals surface area contributed by atoms with Crippen LogP contribution in [0.5, 0.6) is 5.75 Å². The number of ether oxygens (including phenoxy) is 1. The van der Waals surface area contributed by atoms with Crippen molar-refractivity contribution in [1.29, 1.82) is 0 Å². The van der Waals surface area contributed by atoms with Gasteiger partial charge < -0.3 is 9.64 Å². The molecule has 0 aromatic heterocycles. The Balaban J connectivity index is 1.47. The molecule has 1 heterocycles. The van der Waals surface area contributed by atoms with Gasteiger partial charge in [0.25, 0.3) is 23.4 Å². The second-order valence-electron chi connectivity index (χ2n) is 8.66. The van der Waals surface area contributed by atoms with Gasteiger partial charge in [0.2, 0.25) is 0 Å². The number of anilines is 1. The Hall–Kier alpha value is -5.05. The molecule has 0 N–H and O–H groups in total. The fourth-order valence-electron chi connectivity index (χ4n) is 4.62. The number of nitro benzene ring substituents is 1. The summed E-state index contributed by atoms with van der Waals surface area (Å²) in [5.74, 6) is -0.736. The Kier molecular flexibility index (Phi) is 6.57. The van der Waals surface area contributed by atoms with Gasteiger partial charge in [-0.2, -0.15) is 0 Å². The number of carbonyl (C=O) groups is 3. The molecule has 0 fully saturated rings. The first-order valence-electron chi connectivity index (χ1n) is 12.1. The predicted octanol–water partition coefficient (Wildman–Crippen LogP) is 5.09. The van der Waals surface area contributed by atoms with Crippen molar-refractivity contribution in [3.05, 3.63) is 112 Å². The van der Waals surface area contributed by atoms with Crippen molar-refractivity contribution in [3.63, 3.8) is 0 Å². The molecule has 0 radical (unpaired) electrons. The zero-order chi connectivity index (χ0) is 26.8. The molecule has 5 rings (SSSR count). The first-order chi connectivity index (χ1) is 18.4. The van der Waals surface area contributed by atoms with Crippen LogP contribution in [0.4, 0.5) is 11.4 Å². The number of benzene rings is 4. The van der Waals surface area contributed by atoms with Crippen molar-refractivity contribution in [1.82, 2.24) is 4.90 Å². The number of nitrogens with zero attached hydrogens (tertiary/aromatic N) is 3. The summed E-state index contributed by atoms with van der Waals surface area (Å²) in [4.78, 5) is 53.4. The Morgan fingerprint density at radius 1 is 0.921 bits per heavy atom. The van der Waals surface area contributed by atoms with Crippen LogP contribution >= 0.6 is 0 Å². The second-order valence-corrected chi connectivity index (χ2v) is 8.66. The Morgan fingerprint density at radius 2 is 1.55 bits per heavy atom. The predicted molar refractivity (Wildman–Crippen MR) is 142 cm³/mol. The molecule has 4 aromatic carbocycles. The van der Waals surface area contributed by atoms with E-state index in [1.54, 1.807) is 48.5 Å². The Morgan fingerprint density at radius 3 is 2.16 bits per heavy atom. The Bertz CT molecular complexity index is 1530. The van der Waals surface area contributed by atoms with E-state index in [2.05, 4.69) is 0 Å². The van der Waals surface area contributed by atoms with Crippen molar-refractivity contribution in [3.8, 4) is 5.75 Å². The molecule has 4 aromatic rings.